The average Bonchev–Trinajstić information content (AvgIpc) is 3.34. The Balaban J connectivity index is 1.25. The van der Waals surface area contributed by atoms with Crippen molar-refractivity contribution in [3.8, 4) is 0 Å². The van der Waals surface area contributed by atoms with Crippen LogP contribution in [0.3, 0.4) is 0 Å². The van der Waals surface area contributed by atoms with Crippen LogP contribution in [0.1, 0.15) is 18.4 Å². The molecule has 168 valence electrons. The molecule has 6 nitrogen and oxygen atoms in total. The first-order valence-electron chi connectivity index (χ1n) is 11.2. The van der Waals surface area contributed by atoms with Gasteiger partial charge in [0.1, 0.15) is 6.04 Å². The number of carbonyl (C=O) groups is 2. The molecule has 1 unspecified atom stereocenters. The molecule has 2 amide bonds. The van der Waals surface area contributed by atoms with E-state index >= 15 is 0 Å². The highest BCUT2D eigenvalue weighted by Crippen LogP contribution is 2.36. The van der Waals surface area contributed by atoms with Gasteiger partial charge < -0.3 is 15.7 Å². The highest BCUT2D eigenvalue weighted by Gasteiger charge is 2.22. The molecular weight excluding hydrogens is 434 g/mol. The van der Waals surface area contributed by atoms with E-state index in [4.69, 9.17) is 0 Å². The standard InChI is InChI=1S/C26H25N3O3S/c30-15-21(25(32)29-26-27-13-14-33-26)28-22(31)6-2-3-16-7-8-19-10-9-17-4-1-5-18-11-12-20(16)24(19)23(17)18/h1,4-5,7-12,21,30H,2-3,6,13-15H2,(H,28,31)(H,27,29,32). The molecule has 33 heavy (non-hydrogen) atoms. The minimum atomic E-state index is -0.976. The van der Waals surface area contributed by atoms with Crippen molar-refractivity contribution in [3.05, 3.63) is 60.2 Å². The third-order valence-electron chi connectivity index (χ3n) is 6.12. The summed E-state index contributed by atoms with van der Waals surface area (Å²) in [5.41, 5.74) is 1.21. The number of amidine groups is 1. The molecule has 7 heteroatoms. The molecule has 5 rings (SSSR count). The number of thioether (sulfide) groups is 1. The van der Waals surface area contributed by atoms with Crippen molar-refractivity contribution in [2.45, 2.75) is 25.3 Å². The zero-order valence-electron chi connectivity index (χ0n) is 18.1. The van der Waals surface area contributed by atoms with E-state index in [-0.39, 0.29) is 12.3 Å². The van der Waals surface area contributed by atoms with Gasteiger partial charge in [-0.1, -0.05) is 66.4 Å². The van der Waals surface area contributed by atoms with Gasteiger partial charge in [-0.15, -0.1) is 0 Å². The molecule has 0 saturated carbocycles. The van der Waals surface area contributed by atoms with E-state index in [0.717, 1.165) is 12.2 Å². The Morgan fingerprint density at radius 3 is 2.45 bits per heavy atom. The fraction of sp³-hybridized carbons (Fsp3) is 0.269. The van der Waals surface area contributed by atoms with Gasteiger partial charge in [-0.2, -0.15) is 0 Å². The first-order valence-corrected chi connectivity index (χ1v) is 12.2. The Kier molecular flexibility index (Phi) is 6.15. The molecule has 0 radical (unpaired) electrons. The number of benzene rings is 4. The van der Waals surface area contributed by atoms with E-state index in [1.54, 1.807) is 0 Å². The number of hydrogen-bond donors (Lipinski definition) is 3. The summed E-state index contributed by atoms with van der Waals surface area (Å²) in [6, 6.07) is 18.4. The molecule has 4 aromatic carbocycles. The lowest BCUT2D eigenvalue weighted by Gasteiger charge is -2.16. The number of aliphatic hydroxyl groups excluding tert-OH is 1. The van der Waals surface area contributed by atoms with Gasteiger partial charge in [-0.25, -0.2) is 0 Å². The smallest absolute Gasteiger partial charge is 0.250 e. The fourth-order valence-corrected chi connectivity index (χ4v) is 5.25. The number of hydrogen-bond acceptors (Lipinski definition) is 5. The number of aliphatic imine (C=N–C) groups is 1. The van der Waals surface area contributed by atoms with Crippen LogP contribution in [0.15, 0.2) is 59.6 Å². The second-order valence-corrected chi connectivity index (χ2v) is 9.35. The van der Waals surface area contributed by atoms with E-state index in [1.807, 2.05) is 0 Å². The van der Waals surface area contributed by atoms with Crippen molar-refractivity contribution >= 4 is 61.1 Å². The van der Waals surface area contributed by atoms with E-state index in [9.17, 15) is 14.7 Å². The molecule has 1 atom stereocenters. The Morgan fingerprint density at radius 1 is 1.00 bits per heavy atom. The van der Waals surface area contributed by atoms with Crippen LogP contribution in [0.2, 0.25) is 0 Å². The molecule has 0 spiro atoms. The first kappa shape index (κ1) is 21.7. The van der Waals surface area contributed by atoms with Crippen LogP contribution in [-0.2, 0) is 16.0 Å². The Labute approximate surface area is 195 Å². The average molecular weight is 460 g/mol. The predicted molar refractivity (Wildman–Crippen MR) is 135 cm³/mol. The van der Waals surface area contributed by atoms with Gasteiger partial charge in [-0.3, -0.25) is 14.6 Å². The molecule has 0 fully saturated rings. The topological polar surface area (TPSA) is 90.8 Å². The number of nitrogens with zero attached hydrogens (tertiary/aromatic N) is 1. The molecule has 0 bridgehead atoms. The van der Waals surface area contributed by atoms with Gasteiger partial charge >= 0.3 is 0 Å². The molecule has 0 aromatic heterocycles. The largest absolute Gasteiger partial charge is 0.394 e. The van der Waals surface area contributed by atoms with Crippen LogP contribution >= 0.6 is 11.8 Å². The molecular formula is C26H25N3O3S. The quantitative estimate of drug-likeness (QED) is 0.368. The zero-order chi connectivity index (χ0) is 22.8. The first-order chi connectivity index (χ1) is 16.1. The minimum Gasteiger partial charge on any atom is -0.394 e. The van der Waals surface area contributed by atoms with Crippen molar-refractivity contribution in [3.63, 3.8) is 0 Å². The highest BCUT2D eigenvalue weighted by atomic mass is 32.2. The monoisotopic (exact) mass is 459 g/mol. The van der Waals surface area contributed by atoms with Crippen LogP contribution in [-0.4, -0.2) is 47.0 Å². The van der Waals surface area contributed by atoms with E-state index in [2.05, 4.69) is 70.2 Å². The van der Waals surface area contributed by atoms with Gasteiger partial charge in [-0.05, 0) is 50.7 Å². The number of amides is 2. The third-order valence-corrected chi connectivity index (χ3v) is 7.01. The lowest BCUT2D eigenvalue weighted by molar-refractivity contribution is -0.129. The van der Waals surface area contributed by atoms with Crippen LogP contribution < -0.4 is 10.6 Å². The van der Waals surface area contributed by atoms with Crippen molar-refractivity contribution < 1.29 is 14.7 Å². The maximum atomic E-state index is 12.4. The van der Waals surface area contributed by atoms with E-state index < -0.39 is 18.6 Å². The summed E-state index contributed by atoms with van der Waals surface area (Å²) in [5.74, 6) is 0.142. The number of rotatable bonds is 7. The summed E-state index contributed by atoms with van der Waals surface area (Å²) in [5, 5.41) is 22.9. The molecule has 0 saturated heterocycles. The van der Waals surface area contributed by atoms with Crippen molar-refractivity contribution in [2.24, 2.45) is 4.99 Å². The molecule has 1 aliphatic rings. The summed E-state index contributed by atoms with van der Waals surface area (Å²) in [6.07, 6.45) is 1.69. The molecule has 4 aromatic rings. The molecule has 3 N–H and O–H groups in total. The summed E-state index contributed by atoms with van der Waals surface area (Å²) in [6.45, 7) is 0.212. The van der Waals surface area contributed by atoms with Gasteiger partial charge in [0.25, 0.3) is 5.91 Å². The number of nitrogens with one attached hydrogen (secondary N) is 2. The van der Waals surface area contributed by atoms with Gasteiger partial charge in [0, 0.05) is 12.2 Å². The molecule has 0 aliphatic carbocycles. The lowest BCUT2D eigenvalue weighted by Crippen LogP contribution is -2.49. The SMILES string of the molecule is O=C(CCCc1ccc2ccc3cccc4ccc1c2c34)NC(CO)C(=O)NC1=NCCS1. The second kappa shape index (κ2) is 9.37. The third kappa shape index (κ3) is 4.38. The zero-order valence-corrected chi connectivity index (χ0v) is 19.0. The van der Waals surface area contributed by atoms with Crippen molar-refractivity contribution in [1.82, 2.24) is 10.6 Å². The van der Waals surface area contributed by atoms with Gasteiger partial charge in [0.15, 0.2) is 5.17 Å². The second-order valence-electron chi connectivity index (χ2n) is 8.26. The minimum absolute atomic E-state index is 0.247. The Bertz CT molecular complexity index is 1350. The van der Waals surface area contributed by atoms with E-state index in [0.29, 0.717) is 18.1 Å². The number of aryl methyl sites for hydroxylation is 1. The van der Waals surface area contributed by atoms with Gasteiger partial charge in [0.2, 0.25) is 5.91 Å². The van der Waals surface area contributed by atoms with Gasteiger partial charge in [0.05, 0.1) is 13.2 Å². The maximum absolute atomic E-state index is 12.4. The summed E-state index contributed by atoms with van der Waals surface area (Å²) >= 11 is 1.46. The Hall–Kier alpha value is -3.16. The summed E-state index contributed by atoms with van der Waals surface area (Å²) in [4.78, 5) is 28.9. The number of carbonyl (C=O) groups excluding carboxylic acids is 2. The lowest BCUT2D eigenvalue weighted by atomic mass is 9.90. The Morgan fingerprint density at radius 2 is 1.73 bits per heavy atom. The number of aliphatic hydroxyl groups is 1. The van der Waals surface area contributed by atoms with Crippen LogP contribution in [0.5, 0.6) is 0 Å². The van der Waals surface area contributed by atoms with Crippen molar-refractivity contribution in [2.75, 3.05) is 18.9 Å². The predicted octanol–water partition coefficient (Wildman–Crippen LogP) is 3.60. The van der Waals surface area contributed by atoms with E-state index in [1.165, 1.54) is 49.6 Å². The normalized spacial score (nSPS) is 14.6. The summed E-state index contributed by atoms with van der Waals surface area (Å²) < 4.78 is 0. The maximum Gasteiger partial charge on any atom is 0.250 e. The van der Waals surface area contributed by atoms with Crippen LogP contribution in [0.25, 0.3) is 32.3 Å². The highest BCUT2D eigenvalue weighted by molar-refractivity contribution is 8.14. The molecule has 1 aliphatic heterocycles. The summed E-state index contributed by atoms with van der Waals surface area (Å²) in [7, 11) is 0. The van der Waals surface area contributed by atoms with Crippen LogP contribution in [0, 0.1) is 0 Å². The fourth-order valence-electron chi connectivity index (χ4n) is 4.52. The molecule has 1 heterocycles. The van der Waals surface area contributed by atoms with Crippen molar-refractivity contribution in [1.29, 1.82) is 0 Å². The van der Waals surface area contributed by atoms with Crippen LogP contribution in [0.4, 0.5) is 0 Å².